The average molecular weight is 323 g/mol. The van der Waals surface area contributed by atoms with Crippen molar-refractivity contribution in [3.8, 4) is 12.3 Å². The molecule has 0 atom stereocenters. The van der Waals surface area contributed by atoms with Gasteiger partial charge in [0.25, 0.3) is 0 Å². The topological polar surface area (TPSA) is 96.6 Å². The molecule has 0 aromatic rings. The second-order valence-corrected chi connectivity index (χ2v) is 7.74. The molecular weight excluding hydrogens is 288 g/mol. The van der Waals surface area contributed by atoms with Gasteiger partial charge in [0.1, 0.15) is 0 Å². The van der Waals surface area contributed by atoms with Crippen LogP contribution in [0.5, 0.6) is 0 Å². The molecule has 0 aromatic heterocycles. The molecule has 0 aromatic carbocycles. The highest BCUT2D eigenvalue weighted by molar-refractivity contribution is 5.06. The van der Waals surface area contributed by atoms with Gasteiger partial charge in [0.05, 0.1) is 6.54 Å². The van der Waals surface area contributed by atoms with Gasteiger partial charge in [-0.2, -0.15) is 0 Å². The van der Waals surface area contributed by atoms with Gasteiger partial charge >= 0.3 is 0 Å². The maximum atomic E-state index is 6.07. The zero-order valence-electron chi connectivity index (χ0n) is 15.5. The molecule has 0 aliphatic rings. The summed E-state index contributed by atoms with van der Waals surface area (Å²) in [6.07, 6.45) is 8.98. The van der Waals surface area contributed by atoms with Gasteiger partial charge in [0, 0.05) is 48.0 Å². The Balaban J connectivity index is 4.81. The molecule has 132 valence electrons. The lowest BCUT2D eigenvalue weighted by Gasteiger charge is -2.31. The highest BCUT2D eigenvalue weighted by Gasteiger charge is 2.16. The predicted octanol–water partition coefficient (Wildman–Crippen LogP) is 0.884. The average Bonchev–Trinajstić information content (AvgIpc) is 2.34. The summed E-state index contributed by atoms with van der Waals surface area (Å²) >= 11 is 0. The van der Waals surface area contributed by atoms with E-state index in [0.29, 0.717) is 31.0 Å². The molecule has 23 heavy (non-hydrogen) atoms. The van der Waals surface area contributed by atoms with Gasteiger partial charge in [0.2, 0.25) is 0 Å². The van der Waals surface area contributed by atoms with Gasteiger partial charge in [-0.3, -0.25) is 4.90 Å². The number of nitrogens with zero attached hydrogens (tertiary/aromatic N) is 2. The molecule has 0 fully saturated rings. The summed E-state index contributed by atoms with van der Waals surface area (Å²) in [5.74, 6) is 8.60. The largest absolute Gasteiger partial charge is 0.400 e. The third kappa shape index (κ3) is 10.5. The molecule has 0 amide bonds. The Hall–Kier alpha value is -1.84. The summed E-state index contributed by atoms with van der Waals surface area (Å²) in [5.41, 5.74) is 13.2. The molecule has 0 aliphatic heterocycles. The summed E-state index contributed by atoms with van der Waals surface area (Å²) in [7, 11) is 0. The molecule has 0 aliphatic carbocycles. The van der Waals surface area contributed by atoms with Crippen LogP contribution in [0.4, 0.5) is 0 Å². The molecule has 0 bridgehead atoms. The Morgan fingerprint density at radius 2 is 1.61 bits per heavy atom. The van der Waals surface area contributed by atoms with Crippen LogP contribution in [-0.4, -0.2) is 40.6 Å². The summed E-state index contributed by atoms with van der Waals surface area (Å²) in [4.78, 5) is 1.98. The van der Waals surface area contributed by atoms with E-state index in [-0.39, 0.29) is 11.1 Å². The van der Waals surface area contributed by atoms with E-state index in [2.05, 4.69) is 32.0 Å². The van der Waals surface area contributed by atoms with Gasteiger partial charge in [-0.15, -0.1) is 6.42 Å². The fourth-order valence-electron chi connectivity index (χ4n) is 1.58. The minimum Gasteiger partial charge on any atom is -0.400 e. The van der Waals surface area contributed by atoms with E-state index in [1.807, 2.05) is 31.9 Å². The van der Waals surface area contributed by atoms with Crippen LogP contribution in [0.3, 0.4) is 0 Å². The molecule has 7 N–H and O–H groups in total. The fraction of sp³-hybridized carbons (Fsp3) is 0.647. The van der Waals surface area contributed by atoms with Crippen molar-refractivity contribution in [2.24, 2.45) is 17.3 Å². The Morgan fingerprint density at radius 3 is 2.04 bits per heavy atom. The number of nitrogens with one attached hydrogen (secondary N) is 1. The summed E-state index contributed by atoms with van der Waals surface area (Å²) in [6, 6.07) is 0. The maximum absolute atomic E-state index is 6.07. The van der Waals surface area contributed by atoms with Crippen molar-refractivity contribution in [1.29, 1.82) is 0 Å². The van der Waals surface area contributed by atoms with Crippen LogP contribution in [0.15, 0.2) is 23.8 Å². The van der Waals surface area contributed by atoms with E-state index in [1.54, 1.807) is 11.2 Å². The lowest BCUT2D eigenvalue weighted by molar-refractivity contribution is 0.207. The first-order chi connectivity index (χ1) is 10.3. The van der Waals surface area contributed by atoms with Gasteiger partial charge in [0.15, 0.2) is 0 Å². The minimum atomic E-state index is -0.197. The highest BCUT2D eigenvalue weighted by atomic mass is 15.4. The molecule has 0 saturated heterocycles. The van der Waals surface area contributed by atoms with Gasteiger partial charge in [-0.1, -0.05) is 5.92 Å². The minimum absolute atomic E-state index is 0.0345. The lowest BCUT2D eigenvalue weighted by atomic mass is 10.1. The van der Waals surface area contributed by atoms with Crippen LogP contribution in [0, 0.1) is 12.3 Å². The predicted molar refractivity (Wildman–Crippen MR) is 98.5 cm³/mol. The highest BCUT2D eigenvalue weighted by Crippen LogP contribution is 2.09. The van der Waals surface area contributed by atoms with Crippen LogP contribution in [-0.2, 0) is 0 Å². The normalized spacial score (nSPS) is 13.9. The first kappa shape index (κ1) is 21.2. The van der Waals surface area contributed by atoms with Crippen LogP contribution in [0.25, 0.3) is 0 Å². The Labute approximate surface area is 141 Å². The van der Waals surface area contributed by atoms with Gasteiger partial charge < -0.3 is 21.8 Å². The molecule has 0 spiro atoms. The van der Waals surface area contributed by atoms with Crippen LogP contribution < -0.4 is 22.6 Å². The first-order valence-electron chi connectivity index (χ1n) is 7.73. The van der Waals surface area contributed by atoms with Gasteiger partial charge in [-0.25, -0.2) is 5.84 Å². The fourth-order valence-corrected chi connectivity index (χ4v) is 1.58. The quantitative estimate of drug-likeness (QED) is 0.316. The lowest BCUT2D eigenvalue weighted by Crippen LogP contribution is -2.44. The monoisotopic (exact) mass is 322 g/mol. The SMILES string of the molecule is C#CCN(C/C(N)=C/NC(C)(C)C)C/C(N)=C/N(N)C(C)(C)C. The molecule has 0 heterocycles. The van der Waals surface area contributed by atoms with E-state index >= 15 is 0 Å². The zero-order chi connectivity index (χ0) is 18.3. The maximum Gasteiger partial charge on any atom is 0.0606 e. The van der Waals surface area contributed by atoms with Crippen molar-refractivity contribution in [3.63, 3.8) is 0 Å². The molecular formula is C17H34N6. The molecule has 0 radical (unpaired) electrons. The number of rotatable bonds is 7. The molecule has 6 nitrogen and oxygen atoms in total. The smallest absolute Gasteiger partial charge is 0.0606 e. The van der Waals surface area contributed by atoms with Crippen molar-refractivity contribution >= 4 is 0 Å². The molecule has 0 saturated carbocycles. The van der Waals surface area contributed by atoms with Crippen LogP contribution >= 0.6 is 0 Å². The summed E-state index contributed by atoms with van der Waals surface area (Å²) < 4.78 is 0. The van der Waals surface area contributed by atoms with E-state index in [0.717, 1.165) is 0 Å². The number of hydrazine groups is 1. The molecule has 0 rings (SSSR count). The zero-order valence-corrected chi connectivity index (χ0v) is 15.5. The van der Waals surface area contributed by atoms with Crippen molar-refractivity contribution < 1.29 is 0 Å². The van der Waals surface area contributed by atoms with Crippen LogP contribution in [0.2, 0.25) is 0 Å². The first-order valence-corrected chi connectivity index (χ1v) is 7.73. The third-order valence-corrected chi connectivity index (χ3v) is 2.90. The van der Waals surface area contributed by atoms with Crippen LogP contribution in [0.1, 0.15) is 41.5 Å². The van der Waals surface area contributed by atoms with Gasteiger partial charge in [-0.05, 0) is 41.5 Å². The summed E-state index contributed by atoms with van der Waals surface area (Å²) in [5, 5.41) is 4.83. The Bertz CT molecular complexity index is 459. The van der Waals surface area contributed by atoms with Crippen molar-refractivity contribution in [1.82, 2.24) is 15.2 Å². The third-order valence-electron chi connectivity index (χ3n) is 2.90. The standard InChI is InChI=1S/C17H34N6/c1-8-9-22(11-14(18)10-21-16(2,3)4)12-15(19)13-23(20)17(5,6)7/h1,10,13,21H,9,11-12,18-20H2,2-7H3/b14-10-,15-13-. The summed E-state index contributed by atoms with van der Waals surface area (Å²) in [6.45, 7) is 13.7. The number of terminal acetylenes is 1. The number of hydrogen-bond acceptors (Lipinski definition) is 6. The second kappa shape index (κ2) is 8.70. The van der Waals surface area contributed by atoms with E-state index in [4.69, 9.17) is 23.7 Å². The van der Waals surface area contributed by atoms with E-state index < -0.39 is 0 Å². The number of nitrogens with two attached hydrogens (primary N) is 3. The number of hydrogen-bond donors (Lipinski definition) is 4. The Kier molecular flexibility index (Phi) is 8.01. The van der Waals surface area contributed by atoms with E-state index in [9.17, 15) is 0 Å². The molecule has 0 unspecified atom stereocenters. The molecule has 6 heteroatoms. The Morgan fingerprint density at radius 1 is 1.09 bits per heavy atom. The van der Waals surface area contributed by atoms with Crippen molar-refractivity contribution in [2.45, 2.75) is 52.6 Å². The van der Waals surface area contributed by atoms with E-state index in [1.165, 1.54) is 0 Å². The van der Waals surface area contributed by atoms with Crippen molar-refractivity contribution in [2.75, 3.05) is 19.6 Å². The second-order valence-electron chi connectivity index (χ2n) is 7.74. The van der Waals surface area contributed by atoms with Crippen molar-refractivity contribution in [3.05, 3.63) is 23.8 Å².